The van der Waals surface area contributed by atoms with Crippen molar-refractivity contribution in [3.05, 3.63) is 12.2 Å². The van der Waals surface area contributed by atoms with Crippen molar-refractivity contribution in [1.82, 2.24) is 15.5 Å². The zero-order chi connectivity index (χ0) is 22.0. The molecule has 5 N–H and O–H groups in total. The highest BCUT2D eigenvalue weighted by atomic mass is 32.2. The van der Waals surface area contributed by atoms with Crippen LogP contribution in [-0.2, 0) is 14.4 Å². The number of nitrogens with one attached hydrogen (secondary N) is 2. The molecule has 166 valence electrons. The Labute approximate surface area is 182 Å². The van der Waals surface area contributed by atoms with Crippen molar-refractivity contribution < 1.29 is 19.5 Å². The molecule has 0 radical (unpaired) electrons. The van der Waals surface area contributed by atoms with Crippen LogP contribution in [0.5, 0.6) is 0 Å². The van der Waals surface area contributed by atoms with Crippen LogP contribution < -0.4 is 16.4 Å². The van der Waals surface area contributed by atoms with Gasteiger partial charge in [-0.15, -0.1) is 0 Å². The monoisotopic (exact) mass is 446 g/mol. The van der Waals surface area contributed by atoms with Crippen molar-refractivity contribution in [1.29, 1.82) is 0 Å². The lowest BCUT2D eigenvalue weighted by molar-refractivity contribution is -0.145. The third-order valence-corrected chi connectivity index (χ3v) is 5.90. The van der Waals surface area contributed by atoms with Crippen LogP contribution in [0.4, 0.5) is 0 Å². The number of carbonyl (C=O) groups is 3. The average Bonchev–Trinajstić information content (AvgIpc) is 2.70. The first-order chi connectivity index (χ1) is 13.7. The molecule has 0 aromatic heterocycles. The lowest BCUT2D eigenvalue weighted by atomic mass is 9.99. The summed E-state index contributed by atoms with van der Waals surface area (Å²) in [4.78, 5) is 39.0. The van der Waals surface area contributed by atoms with Crippen molar-refractivity contribution in [3.8, 4) is 0 Å². The summed E-state index contributed by atoms with van der Waals surface area (Å²) in [5.41, 5.74) is 5.90. The first-order valence-corrected chi connectivity index (χ1v) is 11.8. The molecule has 0 spiro atoms. The number of hydrogen-bond donors (Lipinski definition) is 5. The fourth-order valence-electron chi connectivity index (χ4n) is 3.05. The van der Waals surface area contributed by atoms with Crippen LogP contribution in [0.15, 0.2) is 12.2 Å². The van der Waals surface area contributed by atoms with Crippen LogP contribution in [0.2, 0.25) is 0 Å². The van der Waals surface area contributed by atoms with E-state index in [0.29, 0.717) is 37.4 Å². The molecule has 0 bridgehead atoms. The first-order valence-electron chi connectivity index (χ1n) is 9.80. The SMILES string of the molecule is CSCC[C@H](NC(=O)C1CC=CCN1C(=O)[C@@H](NC[C@@H](N)CS)C(C)C)C(=O)O. The quantitative estimate of drug-likeness (QED) is 0.216. The van der Waals surface area contributed by atoms with Gasteiger partial charge in [-0.05, 0) is 30.8 Å². The van der Waals surface area contributed by atoms with Crippen LogP contribution >= 0.6 is 24.4 Å². The van der Waals surface area contributed by atoms with Gasteiger partial charge in [0.05, 0.1) is 6.04 Å². The molecule has 0 saturated carbocycles. The van der Waals surface area contributed by atoms with Gasteiger partial charge in [0.2, 0.25) is 11.8 Å². The minimum atomic E-state index is -1.07. The molecule has 10 heteroatoms. The maximum absolute atomic E-state index is 13.2. The van der Waals surface area contributed by atoms with Gasteiger partial charge in [0.25, 0.3) is 0 Å². The molecule has 8 nitrogen and oxygen atoms in total. The standard InChI is InChI=1S/C19H34N4O4S2/c1-12(2)16(21-10-13(20)11-28)18(25)23-8-5-4-6-15(23)17(24)22-14(19(26)27)7-9-29-3/h4-5,12-16,21,28H,6-11,20H2,1-3H3,(H,22,24)(H,26,27)/t13-,14+,15?,16+/m1/s1. The van der Waals surface area contributed by atoms with Gasteiger partial charge in [0.1, 0.15) is 12.1 Å². The Bertz CT molecular complexity index is 589. The predicted octanol–water partition coefficient (Wildman–Crippen LogP) is 0.337. The smallest absolute Gasteiger partial charge is 0.326 e. The van der Waals surface area contributed by atoms with E-state index in [9.17, 15) is 19.5 Å². The molecule has 2 amide bonds. The Morgan fingerprint density at radius 3 is 2.59 bits per heavy atom. The zero-order valence-corrected chi connectivity index (χ0v) is 19.0. The summed E-state index contributed by atoms with van der Waals surface area (Å²) in [6.07, 6.45) is 6.26. The van der Waals surface area contributed by atoms with E-state index in [1.165, 1.54) is 16.7 Å². The third-order valence-electron chi connectivity index (χ3n) is 4.78. The summed E-state index contributed by atoms with van der Waals surface area (Å²) in [5, 5.41) is 15.2. The van der Waals surface area contributed by atoms with Gasteiger partial charge in [0.15, 0.2) is 0 Å². The van der Waals surface area contributed by atoms with Crippen molar-refractivity contribution in [2.75, 3.05) is 30.9 Å². The molecule has 4 atom stereocenters. The second kappa shape index (κ2) is 13.1. The normalized spacial score (nSPS) is 19.7. The molecule has 0 aromatic rings. The number of carboxylic acid groups (broad SMARTS) is 1. The molecule has 1 rings (SSSR count). The van der Waals surface area contributed by atoms with Crippen molar-refractivity contribution in [3.63, 3.8) is 0 Å². The molecule has 29 heavy (non-hydrogen) atoms. The van der Waals surface area contributed by atoms with Crippen LogP contribution in [0, 0.1) is 5.92 Å². The first kappa shape index (κ1) is 25.8. The Hall–Kier alpha value is -1.23. The van der Waals surface area contributed by atoms with Crippen LogP contribution in [0.3, 0.4) is 0 Å². The number of thiol groups is 1. The van der Waals surface area contributed by atoms with Crippen molar-refractivity contribution >= 4 is 42.2 Å². The van der Waals surface area contributed by atoms with Crippen LogP contribution in [0.1, 0.15) is 26.7 Å². The van der Waals surface area contributed by atoms with E-state index in [0.717, 1.165) is 0 Å². The second-order valence-corrected chi connectivity index (χ2v) is 8.82. The maximum atomic E-state index is 13.2. The van der Waals surface area contributed by atoms with E-state index in [2.05, 4.69) is 23.3 Å². The molecule has 0 aromatic carbocycles. The molecule has 1 aliphatic heterocycles. The molecule has 0 saturated heterocycles. The zero-order valence-electron chi connectivity index (χ0n) is 17.3. The summed E-state index contributed by atoms with van der Waals surface area (Å²) < 4.78 is 0. The number of thioether (sulfide) groups is 1. The number of rotatable bonds is 12. The van der Waals surface area contributed by atoms with Crippen LogP contribution in [0.25, 0.3) is 0 Å². The lowest BCUT2D eigenvalue weighted by Crippen LogP contribution is -2.59. The number of aliphatic carboxylic acids is 1. The Morgan fingerprint density at radius 2 is 2.03 bits per heavy atom. The third kappa shape index (κ3) is 8.19. The van der Waals surface area contributed by atoms with Gasteiger partial charge < -0.3 is 26.4 Å². The Morgan fingerprint density at radius 1 is 1.34 bits per heavy atom. The lowest BCUT2D eigenvalue weighted by Gasteiger charge is -2.36. The molecule has 1 heterocycles. The van der Waals surface area contributed by atoms with E-state index < -0.39 is 30.0 Å². The fourth-order valence-corrected chi connectivity index (χ4v) is 3.65. The summed E-state index contributed by atoms with van der Waals surface area (Å²) >= 11 is 5.68. The summed E-state index contributed by atoms with van der Waals surface area (Å²) in [6, 6.07) is -2.37. The van der Waals surface area contributed by atoms with Gasteiger partial charge >= 0.3 is 5.97 Å². The number of carbonyl (C=O) groups excluding carboxylic acids is 2. The molecular weight excluding hydrogens is 412 g/mol. The topological polar surface area (TPSA) is 125 Å². The van der Waals surface area contributed by atoms with E-state index in [4.69, 9.17) is 5.73 Å². The maximum Gasteiger partial charge on any atom is 0.326 e. The largest absolute Gasteiger partial charge is 0.480 e. The summed E-state index contributed by atoms with van der Waals surface area (Å²) in [5.74, 6) is -0.583. The number of hydrogen-bond acceptors (Lipinski definition) is 7. The average molecular weight is 447 g/mol. The van der Waals surface area contributed by atoms with E-state index in [1.807, 2.05) is 32.3 Å². The van der Waals surface area contributed by atoms with Crippen molar-refractivity contribution in [2.45, 2.75) is 50.9 Å². The summed E-state index contributed by atoms with van der Waals surface area (Å²) in [6.45, 7) is 4.61. The van der Waals surface area contributed by atoms with Gasteiger partial charge in [-0.2, -0.15) is 24.4 Å². The molecular formula is C19H34N4O4S2. The fraction of sp³-hybridized carbons (Fsp3) is 0.737. The van der Waals surface area contributed by atoms with Gasteiger partial charge in [-0.1, -0.05) is 26.0 Å². The molecule has 1 aliphatic rings. The molecule has 0 aliphatic carbocycles. The van der Waals surface area contributed by atoms with E-state index >= 15 is 0 Å². The number of nitrogens with two attached hydrogens (primary N) is 1. The highest BCUT2D eigenvalue weighted by Gasteiger charge is 2.36. The minimum absolute atomic E-state index is 0.00224. The predicted molar refractivity (Wildman–Crippen MR) is 120 cm³/mol. The van der Waals surface area contributed by atoms with Gasteiger partial charge in [-0.3, -0.25) is 9.59 Å². The number of amides is 2. The van der Waals surface area contributed by atoms with E-state index in [-0.39, 0.29) is 17.9 Å². The second-order valence-electron chi connectivity index (χ2n) is 7.47. The van der Waals surface area contributed by atoms with E-state index in [1.54, 1.807) is 0 Å². The Kier molecular flexibility index (Phi) is 11.7. The highest BCUT2D eigenvalue weighted by molar-refractivity contribution is 7.98. The van der Waals surface area contributed by atoms with Gasteiger partial charge in [-0.25, -0.2) is 4.79 Å². The van der Waals surface area contributed by atoms with Crippen molar-refractivity contribution in [2.24, 2.45) is 11.7 Å². The molecule has 0 fully saturated rings. The number of nitrogens with zero attached hydrogens (tertiary/aromatic N) is 1. The summed E-state index contributed by atoms with van der Waals surface area (Å²) in [7, 11) is 0. The van der Waals surface area contributed by atoms with Crippen LogP contribution in [-0.4, -0.2) is 82.8 Å². The highest BCUT2D eigenvalue weighted by Crippen LogP contribution is 2.17. The minimum Gasteiger partial charge on any atom is -0.480 e. The number of carboxylic acids is 1. The Balaban J connectivity index is 2.90. The molecule has 1 unspecified atom stereocenters. The van der Waals surface area contributed by atoms with Gasteiger partial charge in [0, 0.05) is 24.9 Å².